The van der Waals surface area contributed by atoms with Gasteiger partial charge in [0.1, 0.15) is 0 Å². The van der Waals surface area contributed by atoms with Crippen LogP contribution in [0.4, 0.5) is 0 Å². The highest BCUT2D eigenvalue weighted by Gasteiger charge is 2.47. The molecule has 23 heavy (non-hydrogen) atoms. The van der Waals surface area contributed by atoms with Crippen molar-refractivity contribution in [1.82, 2.24) is 10.2 Å². The Hall–Kier alpha value is -0.640. The lowest BCUT2D eigenvalue weighted by Crippen LogP contribution is -2.32. The highest BCUT2D eigenvalue weighted by molar-refractivity contribution is 8.69. The van der Waals surface area contributed by atoms with Crippen LogP contribution in [0.1, 0.15) is 38.5 Å². The average molecular weight is 364 g/mol. The molecule has 2 aliphatic rings. The maximum atomic E-state index is 12.3. The zero-order valence-electron chi connectivity index (χ0n) is 13.1. The number of rotatable bonds is 9. The number of hydrogen-bond acceptors (Lipinski definition) is 6. The van der Waals surface area contributed by atoms with Gasteiger partial charge in [-0.1, -0.05) is 12.8 Å². The zero-order valence-corrected chi connectivity index (χ0v) is 14.7. The van der Waals surface area contributed by atoms with Crippen LogP contribution in [0.3, 0.4) is 0 Å². The van der Waals surface area contributed by atoms with Crippen molar-refractivity contribution in [2.45, 2.75) is 38.5 Å². The number of hydrogen-bond donors (Lipinski definition) is 2. The number of fused-ring (bicyclic) bond motifs is 1. The number of amides is 2. The first-order valence-corrected chi connectivity index (χ1v) is 11.0. The van der Waals surface area contributed by atoms with E-state index >= 15 is 0 Å². The first-order chi connectivity index (χ1) is 10.9. The summed E-state index contributed by atoms with van der Waals surface area (Å²) in [4.78, 5) is 26.0. The monoisotopic (exact) mass is 364 g/mol. The molecular weight excluding hydrogens is 340 g/mol. The van der Waals surface area contributed by atoms with Crippen LogP contribution >= 0.6 is 10.8 Å². The fourth-order valence-corrected chi connectivity index (χ4v) is 4.64. The van der Waals surface area contributed by atoms with E-state index in [4.69, 9.17) is 4.55 Å². The van der Waals surface area contributed by atoms with Crippen LogP contribution in [0.15, 0.2) is 0 Å². The molecule has 2 amide bonds. The van der Waals surface area contributed by atoms with E-state index in [1.165, 1.54) is 4.90 Å². The number of likely N-dealkylation sites (tertiary alicyclic amines) is 1. The van der Waals surface area contributed by atoms with E-state index in [-0.39, 0.29) is 29.4 Å². The Morgan fingerprint density at radius 1 is 1.09 bits per heavy atom. The Kier molecular flexibility index (Phi) is 6.87. The number of imide groups is 1. The molecule has 0 aromatic heterocycles. The second-order valence-electron chi connectivity index (χ2n) is 6.03. The van der Waals surface area contributed by atoms with Gasteiger partial charge in [0.2, 0.25) is 11.8 Å². The summed E-state index contributed by atoms with van der Waals surface area (Å²) in [5, 5.41) is 3.07. The molecule has 0 aromatic carbocycles. The van der Waals surface area contributed by atoms with E-state index in [9.17, 15) is 18.0 Å². The molecule has 0 aromatic rings. The molecule has 0 bridgehead atoms. The molecule has 1 saturated heterocycles. The van der Waals surface area contributed by atoms with E-state index in [1.54, 1.807) is 0 Å². The Labute approximate surface area is 140 Å². The fraction of sp³-hybridized carbons (Fsp3) is 0.857. The maximum Gasteiger partial charge on any atom is 0.319 e. The molecule has 2 fully saturated rings. The third kappa shape index (κ3) is 5.44. The standard InChI is InChI=1S/C14H24N2O5S2/c17-13-11-5-1-2-6-12(11)14(18)16(13)9-4-3-7-15-8-10-22-23(19,20)21/h11-12,15H,1-10H2,(H,19,20,21)/t11-,12+. The van der Waals surface area contributed by atoms with Crippen molar-refractivity contribution < 1.29 is 22.6 Å². The lowest BCUT2D eigenvalue weighted by atomic mass is 9.81. The van der Waals surface area contributed by atoms with Crippen LogP contribution in [0.2, 0.25) is 0 Å². The smallest absolute Gasteiger partial charge is 0.316 e. The fourth-order valence-electron chi connectivity index (χ4n) is 3.32. The molecule has 1 aliphatic carbocycles. The van der Waals surface area contributed by atoms with Gasteiger partial charge in [-0.05, 0) is 43.0 Å². The topological polar surface area (TPSA) is 104 Å². The maximum absolute atomic E-state index is 12.3. The minimum Gasteiger partial charge on any atom is -0.316 e. The van der Waals surface area contributed by atoms with Gasteiger partial charge in [-0.3, -0.25) is 19.0 Å². The summed E-state index contributed by atoms with van der Waals surface area (Å²) in [5.41, 5.74) is 0. The molecule has 1 heterocycles. The van der Waals surface area contributed by atoms with Gasteiger partial charge in [-0.25, -0.2) is 0 Å². The van der Waals surface area contributed by atoms with Crippen LogP contribution < -0.4 is 5.32 Å². The lowest BCUT2D eigenvalue weighted by molar-refractivity contribution is -0.139. The molecular formula is C14H24N2O5S2. The summed E-state index contributed by atoms with van der Waals surface area (Å²) in [6.45, 7) is 1.65. The van der Waals surface area contributed by atoms with Crippen molar-refractivity contribution in [1.29, 1.82) is 0 Å². The van der Waals surface area contributed by atoms with Crippen molar-refractivity contribution in [2.75, 3.05) is 25.4 Å². The second-order valence-corrected chi connectivity index (χ2v) is 9.50. The summed E-state index contributed by atoms with van der Waals surface area (Å²) >= 11 is 0. The number of unbranched alkanes of at least 4 members (excludes halogenated alkanes) is 1. The van der Waals surface area contributed by atoms with Crippen LogP contribution in [-0.2, 0) is 18.7 Å². The molecule has 0 spiro atoms. The minimum absolute atomic E-state index is 0.0113. The van der Waals surface area contributed by atoms with Crippen molar-refractivity contribution in [2.24, 2.45) is 11.8 Å². The SMILES string of the molecule is O=C1[C@H]2CCCC[C@H]2C(=O)N1CCCCNCCSS(=O)(=O)O. The van der Waals surface area contributed by atoms with Crippen molar-refractivity contribution in [3.8, 4) is 0 Å². The van der Waals surface area contributed by atoms with Gasteiger partial charge in [-0.2, -0.15) is 8.42 Å². The van der Waals surface area contributed by atoms with Crippen LogP contribution in [-0.4, -0.2) is 55.1 Å². The Morgan fingerprint density at radius 2 is 1.70 bits per heavy atom. The number of nitrogens with one attached hydrogen (secondary N) is 1. The van der Waals surface area contributed by atoms with Crippen molar-refractivity contribution in [3.05, 3.63) is 0 Å². The van der Waals surface area contributed by atoms with Crippen LogP contribution in [0.5, 0.6) is 0 Å². The molecule has 2 atom stereocenters. The van der Waals surface area contributed by atoms with Gasteiger partial charge in [0, 0.05) is 18.8 Å². The largest absolute Gasteiger partial charge is 0.319 e. The first kappa shape index (κ1) is 18.7. The Balaban J connectivity index is 1.59. The molecule has 9 heteroatoms. The molecule has 0 unspecified atom stereocenters. The summed E-state index contributed by atoms with van der Waals surface area (Å²) in [6, 6.07) is 0. The Bertz CT molecular complexity index is 513. The Morgan fingerprint density at radius 3 is 2.26 bits per heavy atom. The van der Waals surface area contributed by atoms with Crippen molar-refractivity contribution in [3.63, 3.8) is 0 Å². The number of carbonyl (C=O) groups is 2. The third-order valence-electron chi connectivity index (χ3n) is 4.43. The van der Waals surface area contributed by atoms with Gasteiger partial charge < -0.3 is 5.32 Å². The van der Waals surface area contributed by atoms with E-state index in [2.05, 4.69) is 5.32 Å². The molecule has 0 radical (unpaired) electrons. The van der Waals surface area contributed by atoms with E-state index in [1.807, 2.05) is 0 Å². The van der Waals surface area contributed by atoms with Gasteiger partial charge in [0.15, 0.2) is 0 Å². The van der Waals surface area contributed by atoms with Crippen LogP contribution in [0.25, 0.3) is 0 Å². The average Bonchev–Trinajstić information content (AvgIpc) is 2.74. The highest BCUT2D eigenvalue weighted by atomic mass is 33.1. The van der Waals surface area contributed by atoms with Crippen molar-refractivity contribution >= 4 is 31.8 Å². The normalized spacial score (nSPS) is 25.0. The van der Waals surface area contributed by atoms with Gasteiger partial charge in [0.05, 0.1) is 11.8 Å². The summed E-state index contributed by atoms with van der Waals surface area (Å²) < 4.78 is 29.6. The summed E-state index contributed by atoms with van der Waals surface area (Å²) in [6.07, 6.45) is 5.33. The first-order valence-electron chi connectivity index (χ1n) is 8.08. The lowest BCUT2D eigenvalue weighted by Gasteiger charge is -2.19. The van der Waals surface area contributed by atoms with E-state index in [0.29, 0.717) is 30.4 Å². The summed E-state index contributed by atoms with van der Waals surface area (Å²) in [7, 11) is -3.46. The predicted molar refractivity (Wildman–Crippen MR) is 88.3 cm³/mol. The molecule has 132 valence electrons. The molecule has 1 saturated carbocycles. The quantitative estimate of drug-likeness (QED) is 0.273. The van der Waals surface area contributed by atoms with Gasteiger partial charge >= 0.3 is 9.15 Å². The van der Waals surface area contributed by atoms with Gasteiger partial charge in [-0.15, -0.1) is 0 Å². The highest BCUT2D eigenvalue weighted by Crippen LogP contribution is 2.37. The predicted octanol–water partition coefficient (Wildman–Crippen LogP) is 1.07. The van der Waals surface area contributed by atoms with Crippen LogP contribution in [0, 0.1) is 11.8 Å². The second kappa shape index (κ2) is 8.46. The molecule has 2 N–H and O–H groups in total. The zero-order chi connectivity index (χ0) is 16.9. The minimum atomic E-state index is -3.96. The molecule has 1 aliphatic heterocycles. The van der Waals surface area contributed by atoms with Gasteiger partial charge in [0.25, 0.3) is 0 Å². The molecule has 7 nitrogen and oxygen atoms in total. The number of nitrogens with zero attached hydrogens (tertiary/aromatic N) is 1. The third-order valence-corrected chi connectivity index (χ3v) is 6.49. The molecule has 2 rings (SSSR count). The summed E-state index contributed by atoms with van der Waals surface area (Å²) in [5.74, 6) is 0.152. The van der Waals surface area contributed by atoms with E-state index < -0.39 is 9.15 Å². The van der Waals surface area contributed by atoms with E-state index in [0.717, 1.165) is 38.5 Å². The number of carbonyl (C=O) groups excluding carboxylic acids is 2.